The molecule has 0 heterocycles. The summed E-state index contributed by atoms with van der Waals surface area (Å²) in [6, 6.07) is 8.04. The van der Waals surface area contributed by atoms with Gasteiger partial charge < -0.3 is 9.47 Å². The van der Waals surface area contributed by atoms with E-state index in [9.17, 15) is 4.79 Å². The highest BCUT2D eigenvalue weighted by atomic mass is 79.9. The van der Waals surface area contributed by atoms with E-state index < -0.39 is 5.60 Å². The third-order valence-electron chi connectivity index (χ3n) is 2.09. The Morgan fingerprint density at radius 1 is 1.22 bits per heavy atom. The van der Waals surface area contributed by atoms with Crippen LogP contribution >= 0.6 is 15.9 Å². The molecule has 0 radical (unpaired) electrons. The first kappa shape index (κ1) is 15.2. The van der Waals surface area contributed by atoms with Crippen molar-refractivity contribution >= 4 is 21.9 Å². The van der Waals surface area contributed by atoms with Gasteiger partial charge in [-0.15, -0.1) is 0 Å². The van der Waals surface area contributed by atoms with Gasteiger partial charge in [0.1, 0.15) is 12.2 Å². The van der Waals surface area contributed by atoms with E-state index in [4.69, 9.17) is 9.47 Å². The summed E-state index contributed by atoms with van der Waals surface area (Å²) in [7, 11) is 0. The van der Waals surface area contributed by atoms with Crippen LogP contribution in [-0.2, 0) is 20.7 Å². The Kier molecular flexibility index (Phi) is 5.82. The zero-order chi connectivity index (χ0) is 13.6. The average molecular weight is 315 g/mol. The molecule has 1 aromatic rings. The molecule has 4 heteroatoms. The Hall–Kier alpha value is -0.870. The molecule has 0 aliphatic heterocycles. The topological polar surface area (TPSA) is 35.5 Å². The summed E-state index contributed by atoms with van der Waals surface area (Å²) < 4.78 is 11.5. The zero-order valence-corrected chi connectivity index (χ0v) is 12.6. The molecule has 0 unspecified atom stereocenters. The number of hydrogen-bond acceptors (Lipinski definition) is 3. The van der Waals surface area contributed by atoms with Crippen molar-refractivity contribution in [2.75, 3.05) is 13.2 Å². The van der Waals surface area contributed by atoms with Crippen LogP contribution in [0.2, 0.25) is 0 Å². The highest BCUT2D eigenvalue weighted by molar-refractivity contribution is 9.10. The van der Waals surface area contributed by atoms with Crippen LogP contribution in [0.3, 0.4) is 0 Å². The van der Waals surface area contributed by atoms with Crippen molar-refractivity contribution in [3.63, 3.8) is 0 Å². The van der Waals surface area contributed by atoms with Crippen molar-refractivity contribution in [1.29, 1.82) is 0 Å². The number of hydrogen-bond donors (Lipinski definition) is 0. The van der Waals surface area contributed by atoms with Crippen LogP contribution in [0.15, 0.2) is 28.7 Å². The molecule has 1 rings (SSSR count). The van der Waals surface area contributed by atoms with E-state index >= 15 is 0 Å². The molecule has 0 fully saturated rings. The predicted octanol–water partition coefficient (Wildman–Crippen LogP) is 3.35. The summed E-state index contributed by atoms with van der Waals surface area (Å²) in [4.78, 5) is 11.4. The van der Waals surface area contributed by atoms with Gasteiger partial charge in [-0.2, -0.15) is 0 Å². The SMILES string of the molecule is CC(C)(C)OC(=O)COCCc1ccc(Br)cc1. The summed E-state index contributed by atoms with van der Waals surface area (Å²) in [6.07, 6.45) is 0.788. The van der Waals surface area contributed by atoms with E-state index in [2.05, 4.69) is 15.9 Å². The third kappa shape index (κ3) is 6.77. The van der Waals surface area contributed by atoms with Crippen molar-refractivity contribution in [2.45, 2.75) is 32.8 Å². The summed E-state index contributed by atoms with van der Waals surface area (Å²) in [5.41, 5.74) is 0.731. The van der Waals surface area contributed by atoms with Crippen LogP contribution in [0.1, 0.15) is 26.3 Å². The van der Waals surface area contributed by atoms with E-state index in [1.165, 1.54) is 5.56 Å². The average Bonchev–Trinajstić information content (AvgIpc) is 2.24. The number of carbonyl (C=O) groups is 1. The molecule has 1 aromatic carbocycles. The minimum atomic E-state index is -0.452. The number of halogens is 1. The van der Waals surface area contributed by atoms with Crippen molar-refractivity contribution in [3.05, 3.63) is 34.3 Å². The van der Waals surface area contributed by atoms with Gasteiger partial charge in [-0.3, -0.25) is 0 Å². The lowest BCUT2D eigenvalue weighted by molar-refractivity contribution is -0.160. The lowest BCUT2D eigenvalue weighted by atomic mass is 10.2. The molecule has 0 bridgehead atoms. The molecule has 0 aliphatic rings. The first-order valence-corrected chi connectivity index (χ1v) is 6.70. The molecule has 100 valence electrons. The fourth-order valence-corrected chi connectivity index (χ4v) is 1.63. The third-order valence-corrected chi connectivity index (χ3v) is 2.62. The number of ether oxygens (including phenoxy) is 2. The van der Waals surface area contributed by atoms with Crippen LogP contribution < -0.4 is 0 Å². The molecule has 0 saturated heterocycles. The highest BCUT2D eigenvalue weighted by Gasteiger charge is 2.15. The van der Waals surface area contributed by atoms with E-state index in [-0.39, 0.29) is 12.6 Å². The molecule has 0 saturated carbocycles. The molecule has 0 aromatic heterocycles. The van der Waals surface area contributed by atoms with Gasteiger partial charge >= 0.3 is 5.97 Å². The van der Waals surface area contributed by atoms with Crippen LogP contribution in [0.5, 0.6) is 0 Å². The number of benzene rings is 1. The second-order valence-electron chi connectivity index (χ2n) is 5.02. The lowest BCUT2D eigenvalue weighted by Crippen LogP contribution is -2.26. The molecule has 0 spiro atoms. The van der Waals surface area contributed by atoms with Gasteiger partial charge in [0.15, 0.2) is 0 Å². The fourth-order valence-electron chi connectivity index (χ4n) is 1.37. The first-order chi connectivity index (χ1) is 8.37. The summed E-state index contributed by atoms with van der Waals surface area (Å²) in [5.74, 6) is -0.321. The second-order valence-corrected chi connectivity index (χ2v) is 5.93. The normalized spacial score (nSPS) is 11.3. The molecule has 0 N–H and O–H groups in total. The minimum Gasteiger partial charge on any atom is -0.458 e. The maximum atomic E-state index is 11.4. The first-order valence-electron chi connectivity index (χ1n) is 5.91. The van der Waals surface area contributed by atoms with E-state index in [0.29, 0.717) is 6.61 Å². The lowest BCUT2D eigenvalue weighted by Gasteiger charge is -2.19. The second kappa shape index (κ2) is 6.90. The van der Waals surface area contributed by atoms with Gasteiger partial charge in [0.05, 0.1) is 6.61 Å². The van der Waals surface area contributed by atoms with Crippen LogP contribution in [0.4, 0.5) is 0 Å². The quantitative estimate of drug-likeness (QED) is 0.617. The Bertz CT molecular complexity index is 379. The Morgan fingerprint density at radius 2 is 1.83 bits per heavy atom. The standard InChI is InChI=1S/C14H19BrO3/c1-14(2,3)18-13(16)10-17-9-8-11-4-6-12(15)7-5-11/h4-7H,8-10H2,1-3H3. The summed E-state index contributed by atoms with van der Waals surface area (Å²) in [6.45, 7) is 6.04. The van der Waals surface area contributed by atoms with Gasteiger partial charge in [-0.1, -0.05) is 28.1 Å². The molecular weight excluding hydrogens is 296 g/mol. The summed E-state index contributed by atoms with van der Waals surface area (Å²) >= 11 is 3.38. The van der Waals surface area contributed by atoms with E-state index in [1.54, 1.807) is 0 Å². The number of carbonyl (C=O) groups excluding carboxylic acids is 1. The molecular formula is C14H19BrO3. The smallest absolute Gasteiger partial charge is 0.332 e. The van der Waals surface area contributed by atoms with Crippen LogP contribution in [0, 0.1) is 0 Å². The number of esters is 1. The van der Waals surface area contributed by atoms with Crippen molar-refractivity contribution in [3.8, 4) is 0 Å². The van der Waals surface area contributed by atoms with Crippen molar-refractivity contribution in [2.24, 2.45) is 0 Å². The van der Waals surface area contributed by atoms with Gasteiger partial charge in [-0.25, -0.2) is 4.79 Å². The zero-order valence-electron chi connectivity index (χ0n) is 11.0. The largest absolute Gasteiger partial charge is 0.458 e. The van der Waals surface area contributed by atoms with Crippen molar-refractivity contribution in [1.82, 2.24) is 0 Å². The maximum absolute atomic E-state index is 11.4. The highest BCUT2D eigenvalue weighted by Crippen LogP contribution is 2.11. The Morgan fingerprint density at radius 3 is 2.39 bits per heavy atom. The molecule has 0 aliphatic carbocycles. The Labute approximate surface area is 117 Å². The van der Waals surface area contributed by atoms with Gasteiger partial charge in [0.25, 0.3) is 0 Å². The minimum absolute atomic E-state index is 0.00774. The van der Waals surface area contributed by atoms with Crippen LogP contribution in [0.25, 0.3) is 0 Å². The van der Waals surface area contributed by atoms with Crippen molar-refractivity contribution < 1.29 is 14.3 Å². The Balaban J connectivity index is 2.19. The van der Waals surface area contributed by atoms with Crippen LogP contribution in [-0.4, -0.2) is 24.8 Å². The molecule has 18 heavy (non-hydrogen) atoms. The van der Waals surface area contributed by atoms with E-state index in [1.807, 2.05) is 45.0 Å². The molecule has 0 amide bonds. The monoisotopic (exact) mass is 314 g/mol. The van der Waals surface area contributed by atoms with E-state index in [0.717, 1.165) is 10.9 Å². The number of rotatable bonds is 5. The van der Waals surface area contributed by atoms with Gasteiger partial charge in [0.2, 0.25) is 0 Å². The van der Waals surface area contributed by atoms with Gasteiger partial charge in [0, 0.05) is 4.47 Å². The fraction of sp³-hybridized carbons (Fsp3) is 0.500. The maximum Gasteiger partial charge on any atom is 0.332 e. The molecule has 3 nitrogen and oxygen atoms in total. The van der Waals surface area contributed by atoms with Gasteiger partial charge in [-0.05, 0) is 44.9 Å². The predicted molar refractivity (Wildman–Crippen MR) is 74.5 cm³/mol. The molecule has 0 atom stereocenters. The summed E-state index contributed by atoms with van der Waals surface area (Å²) in [5, 5.41) is 0.